The zero-order valence-corrected chi connectivity index (χ0v) is 18.4. The van der Waals surface area contributed by atoms with Crippen LogP contribution in [0.25, 0.3) is 17.0 Å². The van der Waals surface area contributed by atoms with Gasteiger partial charge in [0.05, 0.1) is 0 Å². The summed E-state index contributed by atoms with van der Waals surface area (Å²) in [6, 6.07) is 15.0. The quantitative estimate of drug-likeness (QED) is 0.448. The second-order valence-electron chi connectivity index (χ2n) is 8.06. The summed E-state index contributed by atoms with van der Waals surface area (Å²) in [5, 5.41) is 6.32. The first kappa shape index (κ1) is 21.4. The van der Waals surface area contributed by atoms with Crippen molar-refractivity contribution in [1.29, 1.82) is 0 Å². The molecule has 0 spiro atoms. The second-order valence-corrected chi connectivity index (χ2v) is 8.06. The molecule has 2 aromatic carbocycles. The number of nitrogens with one attached hydrogen (secondary N) is 2. The molecule has 32 heavy (non-hydrogen) atoms. The van der Waals surface area contributed by atoms with Crippen molar-refractivity contribution >= 4 is 40.5 Å². The molecule has 164 valence electrons. The first-order valence-corrected chi connectivity index (χ1v) is 10.7. The molecule has 1 aliphatic heterocycles. The van der Waals surface area contributed by atoms with Crippen molar-refractivity contribution in [2.24, 2.45) is 0 Å². The highest BCUT2D eigenvalue weighted by molar-refractivity contribution is 6.16. The van der Waals surface area contributed by atoms with E-state index in [1.165, 1.54) is 0 Å². The number of nitrogens with zero attached hydrogens (tertiary/aromatic N) is 2. The summed E-state index contributed by atoms with van der Waals surface area (Å²) >= 11 is 0. The van der Waals surface area contributed by atoms with Crippen LogP contribution in [-0.4, -0.2) is 33.9 Å². The molecule has 7 heteroatoms. The van der Waals surface area contributed by atoms with Crippen molar-refractivity contribution in [1.82, 2.24) is 14.8 Å². The van der Waals surface area contributed by atoms with E-state index in [-0.39, 0.29) is 12.2 Å². The van der Waals surface area contributed by atoms with Gasteiger partial charge in [0, 0.05) is 34.4 Å². The number of hydrogen-bond donors (Lipinski definition) is 2. The Morgan fingerprint density at radius 1 is 1.12 bits per heavy atom. The number of carbonyl (C=O) groups excluding carboxylic acids is 3. The number of anilines is 1. The van der Waals surface area contributed by atoms with E-state index in [0.29, 0.717) is 11.7 Å². The minimum Gasteiger partial charge on any atom is -0.344 e. The van der Waals surface area contributed by atoms with E-state index in [1.807, 2.05) is 49.5 Å². The number of hydrogen-bond acceptors (Lipinski definition) is 3. The Balaban J connectivity index is 1.55. The van der Waals surface area contributed by atoms with Crippen molar-refractivity contribution in [2.75, 3.05) is 11.9 Å². The van der Waals surface area contributed by atoms with Crippen molar-refractivity contribution in [2.45, 2.75) is 33.2 Å². The molecule has 1 fully saturated rings. The average Bonchev–Trinajstić information content (AvgIpc) is 3.28. The van der Waals surface area contributed by atoms with Gasteiger partial charge >= 0.3 is 6.03 Å². The SMILES string of the molecule is CCC(C)n1cc(/C=C2/NC(=O)N(CC(=O)Nc3ccc(C)cc3)C2=O)c2ccccc21. The third kappa shape index (κ3) is 4.14. The molecule has 0 saturated carbocycles. The number of benzene rings is 2. The minimum atomic E-state index is -0.606. The van der Waals surface area contributed by atoms with Gasteiger partial charge in [0.25, 0.3) is 5.91 Å². The third-order valence-electron chi connectivity index (χ3n) is 5.74. The number of amides is 4. The van der Waals surface area contributed by atoms with Crippen LogP contribution in [0.5, 0.6) is 0 Å². The first-order valence-electron chi connectivity index (χ1n) is 10.7. The monoisotopic (exact) mass is 430 g/mol. The van der Waals surface area contributed by atoms with E-state index in [4.69, 9.17) is 0 Å². The largest absolute Gasteiger partial charge is 0.344 e. The van der Waals surface area contributed by atoms with Crippen LogP contribution in [0, 0.1) is 6.92 Å². The van der Waals surface area contributed by atoms with E-state index >= 15 is 0 Å². The molecule has 0 bridgehead atoms. The van der Waals surface area contributed by atoms with Gasteiger partial charge in [-0.1, -0.05) is 42.8 Å². The molecule has 2 heterocycles. The lowest BCUT2D eigenvalue weighted by Crippen LogP contribution is -2.38. The number of para-hydroxylation sites is 1. The maximum Gasteiger partial charge on any atom is 0.329 e. The Hall–Kier alpha value is -3.87. The van der Waals surface area contributed by atoms with Gasteiger partial charge in [0.1, 0.15) is 12.2 Å². The van der Waals surface area contributed by atoms with Crippen LogP contribution in [0.4, 0.5) is 10.5 Å². The van der Waals surface area contributed by atoms with Gasteiger partial charge in [-0.25, -0.2) is 9.69 Å². The molecule has 1 unspecified atom stereocenters. The van der Waals surface area contributed by atoms with E-state index in [9.17, 15) is 14.4 Å². The van der Waals surface area contributed by atoms with E-state index in [0.717, 1.165) is 33.4 Å². The summed E-state index contributed by atoms with van der Waals surface area (Å²) in [7, 11) is 0. The molecule has 7 nitrogen and oxygen atoms in total. The predicted octanol–water partition coefficient (Wildman–Crippen LogP) is 4.45. The van der Waals surface area contributed by atoms with Crippen LogP contribution in [0.15, 0.2) is 60.4 Å². The topological polar surface area (TPSA) is 83.4 Å². The lowest BCUT2D eigenvalue weighted by Gasteiger charge is -2.12. The summed E-state index contributed by atoms with van der Waals surface area (Å²) in [5.74, 6) is -0.957. The standard InChI is InChI=1S/C25H26N4O3/c1-4-17(3)28-14-18(20-7-5-6-8-22(20)28)13-21-24(31)29(25(32)27-21)15-23(30)26-19-11-9-16(2)10-12-19/h5-14,17H,4,15H2,1-3H3,(H,26,30)(H,27,32)/b21-13+. The number of urea groups is 1. The third-order valence-corrected chi connectivity index (χ3v) is 5.74. The molecule has 2 N–H and O–H groups in total. The predicted molar refractivity (Wildman–Crippen MR) is 125 cm³/mol. The lowest BCUT2D eigenvalue weighted by atomic mass is 10.1. The van der Waals surface area contributed by atoms with Crippen molar-refractivity contribution in [3.8, 4) is 0 Å². The molecular weight excluding hydrogens is 404 g/mol. The summed E-state index contributed by atoms with van der Waals surface area (Å²) in [4.78, 5) is 38.6. The van der Waals surface area contributed by atoms with E-state index < -0.39 is 17.8 Å². The highest BCUT2D eigenvalue weighted by Crippen LogP contribution is 2.28. The Bertz CT molecular complexity index is 1220. The Morgan fingerprint density at radius 2 is 1.84 bits per heavy atom. The minimum absolute atomic E-state index is 0.158. The Kier molecular flexibility index (Phi) is 5.81. The van der Waals surface area contributed by atoms with Crippen molar-refractivity contribution in [3.05, 3.63) is 71.6 Å². The molecule has 0 aliphatic carbocycles. The smallest absolute Gasteiger partial charge is 0.329 e. The highest BCUT2D eigenvalue weighted by Gasteiger charge is 2.35. The number of carbonyl (C=O) groups is 3. The van der Waals surface area contributed by atoms with Gasteiger partial charge in [0.15, 0.2) is 0 Å². The highest BCUT2D eigenvalue weighted by atomic mass is 16.2. The molecule has 4 amide bonds. The summed E-state index contributed by atoms with van der Waals surface area (Å²) in [6.07, 6.45) is 4.64. The second kappa shape index (κ2) is 8.70. The lowest BCUT2D eigenvalue weighted by molar-refractivity contribution is -0.127. The molecule has 1 aromatic heterocycles. The molecule has 1 atom stereocenters. The molecule has 1 saturated heterocycles. The fourth-order valence-corrected chi connectivity index (χ4v) is 3.76. The van der Waals surface area contributed by atoms with Crippen LogP contribution in [0.3, 0.4) is 0 Å². The van der Waals surface area contributed by atoms with Crippen LogP contribution in [-0.2, 0) is 9.59 Å². The van der Waals surface area contributed by atoms with Gasteiger partial charge in [-0.05, 0) is 44.5 Å². The molecule has 4 rings (SSSR count). The van der Waals surface area contributed by atoms with Crippen molar-refractivity contribution in [3.63, 3.8) is 0 Å². The Morgan fingerprint density at radius 3 is 2.56 bits per heavy atom. The fourth-order valence-electron chi connectivity index (χ4n) is 3.76. The average molecular weight is 431 g/mol. The van der Waals surface area contributed by atoms with Crippen LogP contribution >= 0.6 is 0 Å². The zero-order chi connectivity index (χ0) is 22.8. The summed E-state index contributed by atoms with van der Waals surface area (Å²) < 4.78 is 2.18. The van der Waals surface area contributed by atoms with Gasteiger partial charge in [-0.3, -0.25) is 9.59 Å². The van der Waals surface area contributed by atoms with Crippen LogP contribution in [0.1, 0.15) is 37.4 Å². The van der Waals surface area contributed by atoms with Gasteiger partial charge in [0.2, 0.25) is 5.91 Å². The maximum absolute atomic E-state index is 12.9. The number of fused-ring (bicyclic) bond motifs is 1. The van der Waals surface area contributed by atoms with Gasteiger partial charge in [-0.2, -0.15) is 0 Å². The van der Waals surface area contributed by atoms with Crippen LogP contribution < -0.4 is 10.6 Å². The van der Waals surface area contributed by atoms with Crippen LogP contribution in [0.2, 0.25) is 0 Å². The Labute approximate surface area is 186 Å². The summed E-state index contributed by atoms with van der Waals surface area (Å²) in [6.45, 7) is 5.86. The number of aryl methyl sites for hydroxylation is 1. The molecule has 0 radical (unpaired) electrons. The molecule has 3 aromatic rings. The van der Waals surface area contributed by atoms with E-state index in [2.05, 4.69) is 29.0 Å². The molecule has 1 aliphatic rings. The fraction of sp³-hybridized carbons (Fsp3) is 0.240. The summed E-state index contributed by atoms with van der Waals surface area (Å²) in [5.41, 5.74) is 3.75. The van der Waals surface area contributed by atoms with Gasteiger partial charge in [-0.15, -0.1) is 0 Å². The zero-order valence-electron chi connectivity index (χ0n) is 18.4. The maximum atomic E-state index is 12.9. The number of rotatable bonds is 6. The van der Waals surface area contributed by atoms with E-state index in [1.54, 1.807) is 18.2 Å². The molecular formula is C25H26N4O3. The normalized spacial score (nSPS) is 16.0. The number of aromatic nitrogens is 1. The van der Waals surface area contributed by atoms with Crippen molar-refractivity contribution < 1.29 is 14.4 Å². The number of imide groups is 1. The van der Waals surface area contributed by atoms with Gasteiger partial charge < -0.3 is 15.2 Å². The first-order chi connectivity index (χ1) is 15.4.